The second kappa shape index (κ2) is 15.1. The predicted octanol–water partition coefficient (Wildman–Crippen LogP) is 5.59. The van der Waals surface area contributed by atoms with Gasteiger partial charge in [0.25, 0.3) is 5.91 Å². The summed E-state index contributed by atoms with van der Waals surface area (Å²) in [5.41, 5.74) is 4.24. The van der Waals surface area contributed by atoms with Gasteiger partial charge in [0, 0.05) is 60.4 Å². The van der Waals surface area contributed by atoms with Gasteiger partial charge in [-0.25, -0.2) is 0 Å². The highest BCUT2D eigenvalue weighted by Crippen LogP contribution is 2.33. The molecule has 2 aliphatic rings. The van der Waals surface area contributed by atoms with E-state index in [9.17, 15) is 14.4 Å². The summed E-state index contributed by atoms with van der Waals surface area (Å²) in [6.45, 7) is 2.17. The predicted molar refractivity (Wildman–Crippen MR) is 190 cm³/mol. The molecule has 0 radical (unpaired) electrons. The standard InChI is InChI=1S/C37H41Cl2N5O4/c1-42(2)21-24-17-25-18-27(38)11-12-34(25)44(22-24)37(47)33(19-26-20-40-32-10-6-4-7-29(26)32)41-35(45)23-48-28-13-15-43(16-14-28)36(46)30-8-3-5-9-31(30)39/h3-12,18,20,24,28,33,40H,13-17,19,21-23H2,1-2H3,(H,41,45)/t24-,33-/m1/s1. The van der Waals surface area contributed by atoms with Gasteiger partial charge < -0.3 is 29.7 Å². The number of benzene rings is 3. The monoisotopic (exact) mass is 689 g/mol. The van der Waals surface area contributed by atoms with Crippen LogP contribution in [-0.2, 0) is 27.2 Å². The second-order valence-electron chi connectivity index (χ2n) is 13.0. The number of amides is 3. The molecule has 9 nitrogen and oxygen atoms in total. The first-order valence-electron chi connectivity index (χ1n) is 16.4. The van der Waals surface area contributed by atoms with E-state index >= 15 is 0 Å². The Morgan fingerprint density at radius 1 is 1.02 bits per heavy atom. The molecule has 3 aromatic carbocycles. The van der Waals surface area contributed by atoms with Gasteiger partial charge in [-0.2, -0.15) is 0 Å². The van der Waals surface area contributed by atoms with Gasteiger partial charge >= 0.3 is 0 Å². The van der Waals surface area contributed by atoms with E-state index in [0.717, 1.165) is 40.7 Å². The largest absolute Gasteiger partial charge is 0.368 e. The Labute approximate surface area is 291 Å². The molecule has 4 aromatic rings. The van der Waals surface area contributed by atoms with Crippen LogP contribution in [0.15, 0.2) is 72.9 Å². The number of likely N-dealkylation sites (tertiary alicyclic amines) is 1. The molecule has 2 N–H and O–H groups in total. The Bertz CT molecular complexity index is 1780. The van der Waals surface area contributed by atoms with Crippen molar-refractivity contribution < 1.29 is 19.1 Å². The van der Waals surface area contributed by atoms with Crippen LogP contribution in [0.3, 0.4) is 0 Å². The lowest BCUT2D eigenvalue weighted by atomic mass is 9.91. The molecule has 48 heavy (non-hydrogen) atoms. The maximum atomic E-state index is 14.5. The SMILES string of the molecule is CN(C)C[C@H]1Cc2cc(Cl)ccc2N(C(=O)[C@@H](Cc2c[nH]c3ccccc23)NC(=O)COC2CCN(C(=O)c3ccccc3Cl)CC2)C1. The molecule has 252 valence electrons. The number of aromatic amines is 1. The van der Waals surface area contributed by atoms with E-state index < -0.39 is 6.04 Å². The Hall–Kier alpha value is -3.89. The number of halogens is 2. The van der Waals surface area contributed by atoms with E-state index in [1.54, 1.807) is 35.2 Å². The van der Waals surface area contributed by atoms with Crippen LogP contribution in [0.1, 0.15) is 34.3 Å². The van der Waals surface area contributed by atoms with Gasteiger partial charge in [-0.3, -0.25) is 14.4 Å². The highest BCUT2D eigenvalue weighted by atomic mass is 35.5. The van der Waals surface area contributed by atoms with E-state index in [1.165, 1.54) is 0 Å². The third-order valence-corrected chi connectivity index (χ3v) is 9.75. The number of carbonyl (C=O) groups excluding carboxylic acids is 3. The van der Waals surface area contributed by atoms with Gasteiger partial charge in [0.05, 0.1) is 16.7 Å². The van der Waals surface area contributed by atoms with Crippen LogP contribution >= 0.6 is 23.2 Å². The number of fused-ring (bicyclic) bond motifs is 2. The van der Waals surface area contributed by atoms with Crippen molar-refractivity contribution in [3.63, 3.8) is 0 Å². The maximum absolute atomic E-state index is 14.5. The molecule has 3 heterocycles. The number of H-pyrrole nitrogens is 1. The molecule has 1 saturated heterocycles. The first-order chi connectivity index (χ1) is 23.2. The van der Waals surface area contributed by atoms with Crippen LogP contribution in [0.4, 0.5) is 5.69 Å². The van der Waals surface area contributed by atoms with E-state index in [0.29, 0.717) is 54.5 Å². The number of para-hydroxylation sites is 1. The number of nitrogens with one attached hydrogen (secondary N) is 2. The quantitative estimate of drug-likeness (QED) is 0.226. The van der Waals surface area contributed by atoms with E-state index in [2.05, 4.69) is 15.2 Å². The van der Waals surface area contributed by atoms with Crippen molar-refractivity contribution in [3.8, 4) is 0 Å². The molecule has 0 unspecified atom stereocenters. The first kappa shape index (κ1) is 34.0. The molecule has 3 amide bonds. The van der Waals surface area contributed by atoms with E-state index in [4.69, 9.17) is 27.9 Å². The third kappa shape index (κ3) is 7.87. The minimum absolute atomic E-state index is 0.107. The zero-order valence-corrected chi connectivity index (χ0v) is 28.8. The zero-order chi connectivity index (χ0) is 33.8. The summed E-state index contributed by atoms with van der Waals surface area (Å²) in [7, 11) is 4.06. The number of aromatic nitrogens is 1. The molecule has 0 aliphatic carbocycles. The van der Waals surface area contributed by atoms with Gasteiger partial charge in [-0.15, -0.1) is 0 Å². The van der Waals surface area contributed by atoms with Crippen molar-refractivity contribution in [2.24, 2.45) is 5.92 Å². The van der Waals surface area contributed by atoms with E-state index in [1.807, 2.05) is 61.6 Å². The van der Waals surface area contributed by atoms with Gasteiger partial charge in [-0.05, 0) is 86.8 Å². The topological polar surface area (TPSA) is 98.0 Å². The lowest BCUT2D eigenvalue weighted by Gasteiger charge is -2.37. The fourth-order valence-corrected chi connectivity index (χ4v) is 7.34. The molecule has 1 aromatic heterocycles. The van der Waals surface area contributed by atoms with Crippen LogP contribution in [-0.4, -0.2) is 91.5 Å². The fraction of sp³-hybridized carbons (Fsp3) is 0.378. The second-order valence-corrected chi connectivity index (χ2v) is 13.9. The summed E-state index contributed by atoms with van der Waals surface area (Å²) in [5, 5.41) is 5.09. The Kier molecular flexibility index (Phi) is 10.7. The molecule has 6 rings (SSSR count). The highest BCUT2D eigenvalue weighted by Gasteiger charge is 2.34. The number of hydrogen-bond acceptors (Lipinski definition) is 5. The number of carbonyl (C=O) groups is 3. The Morgan fingerprint density at radius 2 is 1.77 bits per heavy atom. The summed E-state index contributed by atoms with van der Waals surface area (Å²) in [4.78, 5) is 49.9. The van der Waals surface area contributed by atoms with Crippen molar-refractivity contribution in [1.82, 2.24) is 20.1 Å². The average Bonchev–Trinajstić information content (AvgIpc) is 3.48. The average molecular weight is 691 g/mol. The summed E-state index contributed by atoms with van der Waals surface area (Å²) in [6, 6.07) is 19.8. The van der Waals surface area contributed by atoms with Crippen molar-refractivity contribution in [2.75, 3.05) is 51.8 Å². The normalized spacial score (nSPS) is 17.4. The lowest BCUT2D eigenvalue weighted by Crippen LogP contribution is -2.54. The van der Waals surface area contributed by atoms with E-state index in [-0.39, 0.29) is 36.4 Å². The van der Waals surface area contributed by atoms with Crippen LogP contribution in [0.2, 0.25) is 10.0 Å². The highest BCUT2D eigenvalue weighted by molar-refractivity contribution is 6.33. The molecular weight excluding hydrogens is 649 g/mol. The van der Waals surface area contributed by atoms with Crippen LogP contribution < -0.4 is 10.2 Å². The minimum atomic E-state index is -0.822. The summed E-state index contributed by atoms with van der Waals surface area (Å²) >= 11 is 12.6. The first-order valence-corrected chi connectivity index (χ1v) is 17.2. The Morgan fingerprint density at radius 3 is 2.54 bits per heavy atom. The minimum Gasteiger partial charge on any atom is -0.368 e. The number of nitrogens with zero attached hydrogens (tertiary/aromatic N) is 3. The summed E-state index contributed by atoms with van der Waals surface area (Å²) in [6.07, 6.45) is 4.05. The van der Waals surface area contributed by atoms with Crippen LogP contribution in [0.5, 0.6) is 0 Å². The molecule has 0 bridgehead atoms. The van der Waals surface area contributed by atoms with Crippen LogP contribution in [0.25, 0.3) is 10.9 Å². The zero-order valence-electron chi connectivity index (χ0n) is 27.3. The summed E-state index contributed by atoms with van der Waals surface area (Å²) in [5.74, 6) is -0.434. The smallest absolute Gasteiger partial charge is 0.255 e. The van der Waals surface area contributed by atoms with Crippen molar-refractivity contribution in [1.29, 1.82) is 0 Å². The van der Waals surface area contributed by atoms with Gasteiger partial charge in [0.2, 0.25) is 11.8 Å². The van der Waals surface area contributed by atoms with Gasteiger partial charge in [0.15, 0.2) is 0 Å². The van der Waals surface area contributed by atoms with Crippen molar-refractivity contribution in [3.05, 3.63) is 99.7 Å². The van der Waals surface area contributed by atoms with Crippen molar-refractivity contribution in [2.45, 2.75) is 37.8 Å². The number of ether oxygens (including phenoxy) is 1. The molecule has 1 fully saturated rings. The number of piperidine rings is 1. The van der Waals surface area contributed by atoms with Gasteiger partial charge in [-0.1, -0.05) is 53.5 Å². The molecule has 2 aliphatic heterocycles. The molecule has 2 atom stereocenters. The van der Waals surface area contributed by atoms with Crippen LogP contribution in [0, 0.1) is 5.92 Å². The molecular formula is C37H41Cl2N5O4. The molecule has 11 heteroatoms. The fourth-order valence-electron chi connectivity index (χ4n) is 6.93. The third-order valence-electron chi connectivity index (χ3n) is 9.19. The summed E-state index contributed by atoms with van der Waals surface area (Å²) < 4.78 is 6.04. The molecule has 0 saturated carbocycles. The Balaban J connectivity index is 1.15. The number of anilines is 1. The number of hydrogen-bond donors (Lipinski definition) is 2. The maximum Gasteiger partial charge on any atom is 0.255 e. The molecule has 0 spiro atoms. The number of rotatable bonds is 10. The lowest BCUT2D eigenvalue weighted by molar-refractivity contribution is -0.132. The van der Waals surface area contributed by atoms with Gasteiger partial charge in [0.1, 0.15) is 12.6 Å². The van der Waals surface area contributed by atoms with Crippen molar-refractivity contribution >= 4 is 57.5 Å².